The summed E-state index contributed by atoms with van der Waals surface area (Å²) in [6, 6.07) is -0.247. The smallest absolute Gasteiger partial charge is 0.357 e. The highest BCUT2D eigenvalue weighted by molar-refractivity contribution is 7.89. The molecule has 0 aliphatic rings. The Morgan fingerprint density at radius 1 is 1.38 bits per heavy atom. The zero-order chi connectivity index (χ0) is 16.2. The number of carboxylic acids is 1. The Bertz CT molecular complexity index is 593. The van der Waals surface area contributed by atoms with E-state index < -0.39 is 21.7 Å². The van der Waals surface area contributed by atoms with Crippen LogP contribution in [0.4, 0.5) is 0 Å². The molecule has 1 aromatic rings. The highest BCUT2D eigenvalue weighted by atomic mass is 32.2. The van der Waals surface area contributed by atoms with Gasteiger partial charge < -0.3 is 5.11 Å². The van der Waals surface area contributed by atoms with E-state index in [2.05, 4.69) is 10.2 Å². The summed E-state index contributed by atoms with van der Waals surface area (Å²) in [5.41, 5.74) is -0.206. The van der Waals surface area contributed by atoms with Crippen LogP contribution in [0, 0.1) is 6.92 Å². The molecule has 0 saturated heterocycles. The molecule has 0 atom stereocenters. The molecular weight excluding hydrogens is 294 g/mol. The van der Waals surface area contributed by atoms with E-state index in [9.17, 15) is 13.2 Å². The van der Waals surface area contributed by atoms with Crippen LogP contribution in [0.2, 0.25) is 0 Å². The molecule has 0 amide bonds. The van der Waals surface area contributed by atoms with E-state index in [0.29, 0.717) is 6.54 Å². The molecule has 0 aromatic carbocycles. The molecule has 120 valence electrons. The lowest BCUT2D eigenvalue weighted by molar-refractivity contribution is 0.0686. The lowest BCUT2D eigenvalue weighted by Crippen LogP contribution is -2.38. The predicted molar refractivity (Wildman–Crippen MR) is 78.8 cm³/mol. The molecule has 0 aliphatic carbocycles. The molecule has 8 heteroatoms. The summed E-state index contributed by atoms with van der Waals surface area (Å²) in [5, 5.41) is 15.1. The first-order chi connectivity index (χ1) is 9.73. The Kier molecular flexibility index (Phi) is 5.91. The first-order valence-electron chi connectivity index (χ1n) is 7.03. The van der Waals surface area contributed by atoms with Crippen LogP contribution in [-0.4, -0.2) is 46.6 Å². The van der Waals surface area contributed by atoms with Crippen molar-refractivity contribution in [2.45, 2.75) is 57.9 Å². The number of nitrogens with zero attached hydrogens (tertiary/aromatic N) is 2. The Balaban J connectivity index is 3.23. The van der Waals surface area contributed by atoms with Gasteiger partial charge in [-0.15, -0.1) is 0 Å². The fourth-order valence-corrected chi connectivity index (χ4v) is 4.14. The van der Waals surface area contributed by atoms with E-state index in [1.54, 1.807) is 13.8 Å². The number of carbonyl (C=O) groups is 1. The van der Waals surface area contributed by atoms with Gasteiger partial charge in [0.15, 0.2) is 5.69 Å². The highest BCUT2D eigenvalue weighted by Gasteiger charge is 2.34. The molecule has 7 nitrogen and oxygen atoms in total. The molecule has 0 aliphatic heterocycles. The van der Waals surface area contributed by atoms with Gasteiger partial charge in [0.1, 0.15) is 4.90 Å². The zero-order valence-electron chi connectivity index (χ0n) is 12.9. The number of unbranched alkanes of at least 4 members (excludes halogenated alkanes) is 2. The van der Waals surface area contributed by atoms with Crippen molar-refractivity contribution in [3.63, 3.8) is 0 Å². The number of aryl methyl sites for hydroxylation is 1. The summed E-state index contributed by atoms with van der Waals surface area (Å²) in [6.45, 7) is 7.48. The molecule has 0 radical (unpaired) electrons. The van der Waals surface area contributed by atoms with Crippen molar-refractivity contribution >= 4 is 16.0 Å². The molecular formula is C13H23N3O4S. The Morgan fingerprint density at radius 3 is 2.48 bits per heavy atom. The number of hydrogen-bond acceptors (Lipinski definition) is 4. The number of carboxylic acid groups (broad SMARTS) is 1. The van der Waals surface area contributed by atoms with E-state index in [0.717, 1.165) is 19.3 Å². The van der Waals surface area contributed by atoms with Gasteiger partial charge in [0.05, 0.1) is 5.69 Å². The van der Waals surface area contributed by atoms with Crippen LogP contribution in [-0.2, 0) is 10.0 Å². The predicted octanol–water partition coefficient (Wildman–Crippen LogP) is 2.01. The SMILES string of the molecule is CCCCCN(C(C)C)S(=O)(=O)c1c(C(=O)O)n[nH]c1C. The quantitative estimate of drug-likeness (QED) is 0.714. The van der Waals surface area contributed by atoms with E-state index >= 15 is 0 Å². The number of sulfonamides is 1. The third-order valence-electron chi connectivity index (χ3n) is 3.22. The van der Waals surface area contributed by atoms with Gasteiger partial charge in [0.25, 0.3) is 0 Å². The number of nitrogens with one attached hydrogen (secondary N) is 1. The Hall–Kier alpha value is -1.41. The van der Waals surface area contributed by atoms with Crippen LogP contribution < -0.4 is 0 Å². The van der Waals surface area contributed by atoms with Gasteiger partial charge in [-0.1, -0.05) is 19.8 Å². The third kappa shape index (κ3) is 3.82. The van der Waals surface area contributed by atoms with Crippen molar-refractivity contribution in [3.8, 4) is 0 Å². The second kappa shape index (κ2) is 7.04. The van der Waals surface area contributed by atoms with Crippen molar-refractivity contribution in [3.05, 3.63) is 11.4 Å². The van der Waals surface area contributed by atoms with Gasteiger partial charge in [0.2, 0.25) is 10.0 Å². The normalized spacial score (nSPS) is 12.3. The maximum atomic E-state index is 12.8. The van der Waals surface area contributed by atoms with Gasteiger partial charge in [-0.3, -0.25) is 5.10 Å². The molecule has 0 saturated carbocycles. The number of aromatic nitrogens is 2. The molecule has 0 spiro atoms. The maximum absolute atomic E-state index is 12.8. The number of aromatic amines is 1. The summed E-state index contributed by atoms with van der Waals surface area (Å²) in [6.07, 6.45) is 2.65. The van der Waals surface area contributed by atoms with Crippen LogP contribution in [0.15, 0.2) is 4.90 Å². The van der Waals surface area contributed by atoms with Crippen molar-refractivity contribution < 1.29 is 18.3 Å². The number of aromatic carboxylic acids is 1. The second-order valence-electron chi connectivity index (χ2n) is 5.25. The standard InChI is InChI=1S/C13H23N3O4S/c1-5-6-7-8-16(9(2)3)21(19,20)12-10(4)14-15-11(12)13(17)18/h9H,5-8H2,1-4H3,(H,14,15)(H,17,18). The fraction of sp³-hybridized carbons (Fsp3) is 0.692. The summed E-state index contributed by atoms with van der Waals surface area (Å²) < 4.78 is 26.9. The summed E-state index contributed by atoms with van der Waals surface area (Å²) >= 11 is 0. The third-order valence-corrected chi connectivity index (χ3v) is 5.46. The first kappa shape index (κ1) is 17.6. The molecule has 21 heavy (non-hydrogen) atoms. The van der Waals surface area contributed by atoms with Gasteiger partial charge in [-0.2, -0.15) is 9.40 Å². The maximum Gasteiger partial charge on any atom is 0.357 e. The fourth-order valence-electron chi connectivity index (χ4n) is 2.17. The second-order valence-corrected chi connectivity index (χ2v) is 7.08. The van der Waals surface area contributed by atoms with Crippen LogP contribution in [0.25, 0.3) is 0 Å². The van der Waals surface area contributed by atoms with E-state index in [4.69, 9.17) is 5.11 Å². The van der Waals surface area contributed by atoms with Gasteiger partial charge in [-0.25, -0.2) is 13.2 Å². The summed E-state index contributed by atoms with van der Waals surface area (Å²) in [7, 11) is -3.89. The van der Waals surface area contributed by atoms with Crippen molar-refractivity contribution in [2.75, 3.05) is 6.54 Å². The van der Waals surface area contributed by atoms with Crippen molar-refractivity contribution in [1.29, 1.82) is 0 Å². The topological polar surface area (TPSA) is 103 Å². The lowest BCUT2D eigenvalue weighted by atomic mass is 10.2. The minimum absolute atomic E-state index is 0.236. The molecule has 2 N–H and O–H groups in total. The molecule has 1 rings (SSSR count). The zero-order valence-corrected chi connectivity index (χ0v) is 13.7. The van der Waals surface area contributed by atoms with E-state index in [-0.39, 0.29) is 16.6 Å². The van der Waals surface area contributed by atoms with Crippen LogP contribution >= 0.6 is 0 Å². The first-order valence-corrected chi connectivity index (χ1v) is 8.47. The van der Waals surface area contributed by atoms with Crippen LogP contribution in [0.5, 0.6) is 0 Å². The lowest BCUT2D eigenvalue weighted by Gasteiger charge is -2.25. The molecule has 0 unspecified atom stereocenters. The number of rotatable bonds is 8. The molecule has 1 aromatic heterocycles. The summed E-state index contributed by atoms with van der Waals surface area (Å²) in [4.78, 5) is 10.9. The average molecular weight is 317 g/mol. The van der Waals surface area contributed by atoms with Crippen LogP contribution in [0.1, 0.15) is 56.2 Å². The van der Waals surface area contributed by atoms with Crippen molar-refractivity contribution in [2.24, 2.45) is 0 Å². The number of H-pyrrole nitrogens is 1. The molecule has 1 heterocycles. The van der Waals surface area contributed by atoms with Crippen LogP contribution in [0.3, 0.4) is 0 Å². The minimum atomic E-state index is -3.89. The Labute approximate surface area is 125 Å². The molecule has 0 bridgehead atoms. The summed E-state index contributed by atoms with van der Waals surface area (Å²) in [5.74, 6) is -1.35. The largest absolute Gasteiger partial charge is 0.476 e. The molecule has 0 fully saturated rings. The van der Waals surface area contributed by atoms with Gasteiger partial charge >= 0.3 is 5.97 Å². The Morgan fingerprint density at radius 2 is 2.00 bits per heavy atom. The van der Waals surface area contributed by atoms with Gasteiger partial charge in [0, 0.05) is 12.6 Å². The van der Waals surface area contributed by atoms with Gasteiger partial charge in [-0.05, 0) is 27.2 Å². The minimum Gasteiger partial charge on any atom is -0.476 e. The van der Waals surface area contributed by atoms with E-state index in [1.165, 1.54) is 11.2 Å². The monoisotopic (exact) mass is 317 g/mol. The number of hydrogen-bond donors (Lipinski definition) is 2. The highest BCUT2D eigenvalue weighted by Crippen LogP contribution is 2.24. The average Bonchev–Trinajstić information content (AvgIpc) is 2.76. The van der Waals surface area contributed by atoms with Crippen molar-refractivity contribution in [1.82, 2.24) is 14.5 Å². The van der Waals surface area contributed by atoms with E-state index in [1.807, 2.05) is 6.92 Å².